The van der Waals surface area contributed by atoms with Gasteiger partial charge in [0, 0.05) is 27.4 Å². The average Bonchev–Trinajstić information content (AvgIpc) is 2.66. The fourth-order valence-electron chi connectivity index (χ4n) is 4.43. The zero-order valence-electron chi connectivity index (χ0n) is 17.8. The van der Waals surface area contributed by atoms with Crippen LogP contribution in [0.1, 0.15) is 41.5 Å². The second-order valence-electron chi connectivity index (χ2n) is 6.77. The predicted molar refractivity (Wildman–Crippen MR) is 113 cm³/mol. The SMILES string of the molecule is CC[Si](CC)(CC)N(CC[Si](OC)(OC)OC)[Si](CC)(CC)CC. The van der Waals surface area contributed by atoms with Gasteiger partial charge in [0.25, 0.3) is 0 Å². The van der Waals surface area contributed by atoms with E-state index < -0.39 is 25.3 Å². The lowest BCUT2D eigenvalue weighted by atomic mass is 10.8. The van der Waals surface area contributed by atoms with E-state index >= 15 is 0 Å². The van der Waals surface area contributed by atoms with Gasteiger partial charge in [0.1, 0.15) is 16.5 Å². The lowest BCUT2D eigenvalue weighted by molar-refractivity contribution is 0.122. The molecule has 0 radical (unpaired) electrons. The van der Waals surface area contributed by atoms with Gasteiger partial charge in [-0.15, -0.1) is 0 Å². The summed E-state index contributed by atoms with van der Waals surface area (Å²) in [5.74, 6) is 0. The minimum absolute atomic E-state index is 0.903. The maximum atomic E-state index is 5.71. The van der Waals surface area contributed by atoms with Gasteiger partial charge in [-0.2, -0.15) is 0 Å². The van der Waals surface area contributed by atoms with Gasteiger partial charge < -0.3 is 17.5 Å². The first-order valence-electron chi connectivity index (χ1n) is 9.82. The Morgan fingerprint density at radius 3 is 1.08 bits per heavy atom. The third kappa shape index (κ3) is 5.02. The molecular weight excluding hydrogens is 350 g/mol. The van der Waals surface area contributed by atoms with Crippen molar-refractivity contribution in [3.8, 4) is 0 Å². The zero-order chi connectivity index (χ0) is 18.9. The van der Waals surface area contributed by atoms with E-state index in [1.807, 2.05) is 0 Å². The van der Waals surface area contributed by atoms with E-state index in [2.05, 4.69) is 45.8 Å². The first kappa shape index (κ1) is 24.5. The highest BCUT2D eigenvalue weighted by atomic mass is 28.4. The van der Waals surface area contributed by atoms with E-state index in [9.17, 15) is 0 Å². The summed E-state index contributed by atoms with van der Waals surface area (Å²) in [5, 5.41) is 0. The van der Waals surface area contributed by atoms with Crippen LogP contribution in [-0.4, -0.2) is 57.4 Å². The smallest absolute Gasteiger partial charge is 0.377 e. The average molecular weight is 394 g/mol. The molecule has 0 saturated carbocycles. The Morgan fingerprint density at radius 2 is 0.875 bits per heavy atom. The second kappa shape index (κ2) is 11.3. The van der Waals surface area contributed by atoms with Crippen molar-refractivity contribution in [3.05, 3.63) is 0 Å². The summed E-state index contributed by atoms with van der Waals surface area (Å²) in [6, 6.07) is 8.96. The van der Waals surface area contributed by atoms with Crippen molar-refractivity contribution in [1.29, 1.82) is 0 Å². The summed E-state index contributed by atoms with van der Waals surface area (Å²) in [6.45, 7) is 15.6. The molecule has 0 bridgehead atoms. The molecule has 0 aromatic heterocycles. The molecule has 0 amide bonds. The molecule has 0 unspecified atom stereocenters. The summed E-state index contributed by atoms with van der Waals surface area (Å²) >= 11 is 0. The van der Waals surface area contributed by atoms with E-state index in [4.69, 9.17) is 13.3 Å². The molecule has 0 saturated heterocycles. The van der Waals surface area contributed by atoms with Gasteiger partial charge >= 0.3 is 8.80 Å². The van der Waals surface area contributed by atoms with E-state index in [-0.39, 0.29) is 0 Å². The van der Waals surface area contributed by atoms with Crippen molar-refractivity contribution in [2.45, 2.75) is 83.9 Å². The summed E-state index contributed by atoms with van der Waals surface area (Å²) in [4.78, 5) is 0. The maximum absolute atomic E-state index is 5.71. The minimum atomic E-state index is -2.51. The van der Waals surface area contributed by atoms with Crippen molar-refractivity contribution in [2.24, 2.45) is 0 Å². The molecule has 7 heteroatoms. The van der Waals surface area contributed by atoms with Crippen LogP contribution in [0.3, 0.4) is 0 Å². The molecule has 146 valence electrons. The summed E-state index contributed by atoms with van der Waals surface area (Å²) in [6.07, 6.45) is 0. The molecule has 0 spiro atoms. The van der Waals surface area contributed by atoms with E-state index in [1.54, 1.807) is 21.3 Å². The molecule has 0 aromatic rings. The molecule has 0 N–H and O–H groups in total. The predicted octanol–water partition coefficient (Wildman–Crippen LogP) is 5.18. The van der Waals surface area contributed by atoms with Gasteiger partial charge in [-0.05, 0) is 42.8 Å². The van der Waals surface area contributed by atoms with Crippen molar-refractivity contribution in [3.63, 3.8) is 0 Å². The molecule has 0 rings (SSSR count). The molecule has 0 aliphatic heterocycles. The second-order valence-corrected chi connectivity index (χ2v) is 20.5. The van der Waals surface area contributed by atoms with E-state index in [0.717, 1.165) is 12.6 Å². The van der Waals surface area contributed by atoms with Gasteiger partial charge in [0.2, 0.25) is 0 Å². The minimum Gasteiger partial charge on any atom is -0.377 e. The van der Waals surface area contributed by atoms with Crippen LogP contribution < -0.4 is 0 Å². The molecule has 0 heterocycles. The van der Waals surface area contributed by atoms with Crippen LogP contribution in [-0.2, 0) is 13.3 Å². The van der Waals surface area contributed by atoms with Crippen molar-refractivity contribution in [2.75, 3.05) is 27.9 Å². The Hall–Kier alpha value is 0.491. The van der Waals surface area contributed by atoms with Crippen LogP contribution in [0.2, 0.25) is 42.3 Å². The van der Waals surface area contributed by atoms with E-state index in [1.165, 1.54) is 36.3 Å². The molecule has 0 aliphatic carbocycles. The van der Waals surface area contributed by atoms with Gasteiger partial charge in [0.05, 0.1) is 0 Å². The van der Waals surface area contributed by atoms with Crippen molar-refractivity contribution >= 4 is 25.3 Å². The van der Waals surface area contributed by atoms with Crippen LogP contribution >= 0.6 is 0 Å². The Labute approximate surface area is 154 Å². The van der Waals surface area contributed by atoms with Crippen molar-refractivity contribution < 1.29 is 13.3 Å². The first-order valence-corrected chi connectivity index (χ1v) is 16.9. The fraction of sp³-hybridized carbons (Fsp3) is 1.00. The first-order chi connectivity index (χ1) is 11.4. The van der Waals surface area contributed by atoms with E-state index in [0.29, 0.717) is 0 Å². The number of nitrogens with zero attached hydrogens (tertiary/aromatic N) is 1. The molecule has 0 fully saturated rings. The van der Waals surface area contributed by atoms with Crippen molar-refractivity contribution in [1.82, 2.24) is 4.23 Å². The zero-order valence-corrected chi connectivity index (χ0v) is 20.8. The lowest BCUT2D eigenvalue weighted by Crippen LogP contribution is -2.66. The highest BCUT2D eigenvalue weighted by molar-refractivity contribution is 6.92. The quantitative estimate of drug-likeness (QED) is 0.381. The lowest BCUT2D eigenvalue weighted by Gasteiger charge is -2.52. The summed E-state index contributed by atoms with van der Waals surface area (Å²) < 4.78 is 20.2. The molecule has 24 heavy (non-hydrogen) atoms. The van der Waals surface area contributed by atoms with Gasteiger partial charge in [-0.25, -0.2) is 0 Å². The van der Waals surface area contributed by atoms with Crippen LogP contribution in [0.25, 0.3) is 0 Å². The van der Waals surface area contributed by atoms with Gasteiger partial charge in [-0.3, -0.25) is 0 Å². The Bertz CT molecular complexity index is 288. The summed E-state index contributed by atoms with van der Waals surface area (Å²) in [5.41, 5.74) is 0. The van der Waals surface area contributed by atoms with Crippen LogP contribution in [0.15, 0.2) is 0 Å². The van der Waals surface area contributed by atoms with Crippen LogP contribution in [0, 0.1) is 0 Å². The molecule has 4 nitrogen and oxygen atoms in total. The standard InChI is InChI=1S/C17H43NO3Si3/c1-10-22(11-2,12-3)18(23(13-4,14-5)15-6)16-17-24(19-7,20-8)21-9/h10-17H2,1-9H3. The van der Waals surface area contributed by atoms with Crippen LogP contribution in [0.5, 0.6) is 0 Å². The van der Waals surface area contributed by atoms with Gasteiger partial charge in [0.15, 0.2) is 0 Å². The topological polar surface area (TPSA) is 30.9 Å². The molecule has 0 aromatic carbocycles. The third-order valence-corrected chi connectivity index (χ3v) is 22.9. The molecule has 0 atom stereocenters. The number of hydrogen-bond acceptors (Lipinski definition) is 4. The highest BCUT2D eigenvalue weighted by Gasteiger charge is 2.48. The Kier molecular flexibility index (Phi) is 11.5. The highest BCUT2D eigenvalue weighted by Crippen LogP contribution is 2.36. The normalized spacial score (nSPS) is 13.8. The monoisotopic (exact) mass is 393 g/mol. The largest absolute Gasteiger partial charge is 0.501 e. The fourth-order valence-corrected chi connectivity index (χ4v) is 19.8. The molecule has 0 aliphatic rings. The molecular formula is C17H43NO3Si3. The summed E-state index contributed by atoms with van der Waals surface area (Å²) in [7, 11) is -0.175. The Balaban J connectivity index is 5.80. The number of rotatable bonds is 14. The van der Waals surface area contributed by atoms with Crippen LogP contribution in [0.4, 0.5) is 0 Å². The Morgan fingerprint density at radius 1 is 0.583 bits per heavy atom. The third-order valence-electron chi connectivity index (χ3n) is 6.67. The maximum Gasteiger partial charge on any atom is 0.501 e. The number of hydrogen-bond donors (Lipinski definition) is 0. The van der Waals surface area contributed by atoms with Gasteiger partial charge in [-0.1, -0.05) is 41.5 Å².